The van der Waals surface area contributed by atoms with Crippen LogP contribution in [-0.2, 0) is 18.7 Å². The van der Waals surface area contributed by atoms with Crippen molar-refractivity contribution in [1.29, 1.82) is 0 Å². The first-order valence-corrected chi connectivity index (χ1v) is 8.69. The van der Waals surface area contributed by atoms with Crippen molar-refractivity contribution >= 4 is 32.3 Å². The number of aliphatic hydroxyl groups is 1. The molecule has 0 radical (unpaired) electrons. The predicted molar refractivity (Wildman–Crippen MR) is 82.3 cm³/mol. The fourth-order valence-electron chi connectivity index (χ4n) is 1.36. The molecule has 0 aromatic rings. The van der Waals surface area contributed by atoms with Crippen LogP contribution in [0.15, 0.2) is 0 Å². The molecule has 9 nitrogen and oxygen atoms in total. The van der Waals surface area contributed by atoms with Crippen LogP contribution in [0.4, 0.5) is 0 Å². The van der Waals surface area contributed by atoms with Gasteiger partial charge in [-0.25, -0.2) is 4.57 Å². The first kappa shape index (κ1) is 21.4. The van der Waals surface area contributed by atoms with Gasteiger partial charge in [-0.2, -0.15) is 12.6 Å². The molecule has 22 heavy (non-hydrogen) atoms. The third-order valence-electron chi connectivity index (χ3n) is 2.68. The topological polar surface area (TPSA) is 145 Å². The van der Waals surface area contributed by atoms with Crippen LogP contribution >= 0.6 is 20.5 Å². The Balaban J connectivity index is 4.24. The van der Waals surface area contributed by atoms with Crippen LogP contribution in [0.25, 0.3) is 0 Å². The third kappa shape index (κ3) is 9.39. The quantitative estimate of drug-likeness (QED) is 0.218. The molecule has 11 heteroatoms. The Bertz CT molecular complexity index is 427. The van der Waals surface area contributed by atoms with Crippen LogP contribution in [0.2, 0.25) is 0 Å². The molecule has 0 aromatic heterocycles. The van der Waals surface area contributed by atoms with Gasteiger partial charge in [0.05, 0.1) is 6.61 Å². The molecule has 0 unspecified atom stereocenters. The lowest BCUT2D eigenvalue weighted by Gasteiger charge is -2.29. The molecule has 0 aromatic carbocycles. The molecule has 0 aliphatic rings. The number of aliphatic hydroxyl groups excluding tert-OH is 1. The number of thiol groups is 1. The second kappa shape index (κ2) is 9.49. The fourth-order valence-corrected chi connectivity index (χ4v) is 1.98. The van der Waals surface area contributed by atoms with Gasteiger partial charge in [-0.1, -0.05) is 13.8 Å². The van der Waals surface area contributed by atoms with Gasteiger partial charge < -0.3 is 25.5 Å². The van der Waals surface area contributed by atoms with E-state index in [0.29, 0.717) is 12.3 Å². The lowest BCUT2D eigenvalue weighted by molar-refractivity contribution is -0.137. The molecule has 0 spiro atoms. The number of phosphoric acid groups is 1. The first-order chi connectivity index (χ1) is 9.99. The number of rotatable bonds is 10. The van der Waals surface area contributed by atoms with Crippen LogP contribution in [0.1, 0.15) is 20.3 Å². The molecular weight excluding hydrogens is 335 g/mol. The average Bonchev–Trinajstić information content (AvgIpc) is 2.41. The Kier molecular flexibility index (Phi) is 9.21. The van der Waals surface area contributed by atoms with Crippen molar-refractivity contribution in [2.24, 2.45) is 5.41 Å². The van der Waals surface area contributed by atoms with E-state index in [-0.39, 0.29) is 18.9 Å². The summed E-state index contributed by atoms with van der Waals surface area (Å²) in [6, 6.07) is 0. The molecule has 1 atom stereocenters. The van der Waals surface area contributed by atoms with Crippen LogP contribution < -0.4 is 10.6 Å². The normalized spacial score (nSPS) is 13.5. The van der Waals surface area contributed by atoms with Gasteiger partial charge in [-0.05, 0) is 0 Å². The van der Waals surface area contributed by atoms with E-state index in [2.05, 4.69) is 27.8 Å². The van der Waals surface area contributed by atoms with Gasteiger partial charge in [0.1, 0.15) is 6.10 Å². The molecule has 0 aliphatic carbocycles. The largest absolute Gasteiger partial charge is 0.469 e. The zero-order chi connectivity index (χ0) is 17.4. The van der Waals surface area contributed by atoms with Crippen LogP contribution in [0.3, 0.4) is 0 Å². The standard InChI is InChI=1S/C11H23N2O7PS/c1-11(2,7-20-21(17,18)19)9(15)10(16)13-4-3-8(14)12-5-6-22/h9,15,22H,3-7H2,1-2H3,(H,12,14)(H,13,16)(H2,17,18,19)/t9-/m1/s1. The summed E-state index contributed by atoms with van der Waals surface area (Å²) in [6.07, 6.45) is -1.49. The maximum absolute atomic E-state index is 11.8. The third-order valence-corrected chi connectivity index (χ3v) is 3.37. The summed E-state index contributed by atoms with van der Waals surface area (Å²) in [4.78, 5) is 40.3. The molecule has 0 heterocycles. The van der Waals surface area contributed by atoms with E-state index in [9.17, 15) is 19.3 Å². The molecule has 2 amide bonds. The van der Waals surface area contributed by atoms with Crippen molar-refractivity contribution in [3.8, 4) is 0 Å². The summed E-state index contributed by atoms with van der Waals surface area (Å²) in [5.74, 6) is -0.501. The number of carbonyl (C=O) groups excluding carboxylic acids is 2. The van der Waals surface area contributed by atoms with E-state index in [1.54, 1.807) is 0 Å². The SMILES string of the molecule is CC(C)(COP(=O)(O)O)[C@H](O)C(=O)NCCC(=O)NCCS. The van der Waals surface area contributed by atoms with Gasteiger partial charge in [0, 0.05) is 30.7 Å². The van der Waals surface area contributed by atoms with Crippen molar-refractivity contribution < 1.29 is 33.6 Å². The number of nitrogens with one attached hydrogen (secondary N) is 2. The fraction of sp³-hybridized carbons (Fsp3) is 0.818. The maximum Gasteiger partial charge on any atom is 0.469 e. The predicted octanol–water partition coefficient (Wildman–Crippen LogP) is -0.965. The lowest BCUT2D eigenvalue weighted by Crippen LogP contribution is -2.46. The summed E-state index contributed by atoms with van der Waals surface area (Å²) in [5.41, 5.74) is -1.21. The minimum Gasteiger partial charge on any atom is -0.383 e. The molecule has 0 saturated heterocycles. The van der Waals surface area contributed by atoms with Crippen molar-refractivity contribution in [2.75, 3.05) is 25.4 Å². The Labute approximate surface area is 134 Å². The van der Waals surface area contributed by atoms with E-state index < -0.39 is 31.9 Å². The highest BCUT2D eigenvalue weighted by atomic mass is 32.1. The summed E-state index contributed by atoms with van der Waals surface area (Å²) in [6.45, 7) is 2.79. The van der Waals surface area contributed by atoms with Gasteiger partial charge in [0.15, 0.2) is 0 Å². The maximum atomic E-state index is 11.8. The number of hydrogen-bond acceptors (Lipinski definition) is 6. The lowest BCUT2D eigenvalue weighted by atomic mass is 9.87. The van der Waals surface area contributed by atoms with Gasteiger partial charge >= 0.3 is 7.82 Å². The Hall–Kier alpha value is -0.640. The van der Waals surface area contributed by atoms with Crippen molar-refractivity contribution in [3.05, 3.63) is 0 Å². The highest BCUT2D eigenvalue weighted by Gasteiger charge is 2.35. The molecule has 0 aliphatic heterocycles. The van der Waals surface area contributed by atoms with Gasteiger partial charge in [0.2, 0.25) is 11.8 Å². The molecule has 130 valence electrons. The summed E-state index contributed by atoms with van der Waals surface area (Å²) >= 11 is 3.93. The number of carbonyl (C=O) groups is 2. The van der Waals surface area contributed by atoms with Crippen LogP contribution in [0, 0.1) is 5.41 Å². The molecule has 0 saturated carbocycles. The Morgan fingerprint density at radius 2 is 1.86 bits per heavy atom. The zero-order valence-corrected chi connectivity index (χ0v) is 14.3. The molecule has 0 fully saturated rings. The molecular formula is C11H23N2O7PS. The summed E-state index contributed by atoms with van der Waals surface area (Å²) < 4.78 is 15.0. The van der Waals surface area contributed by atoms with Crippen molar-refractivity contribution in [1.82, 2.24) is 10.6 Å². The number of amides is 2. The zero-order valence-electron chi connectivity index (χ0n) is 12.5. The van der Waals surface area contributed by atoms with E-state index >= 15 is 0 Å². The second-order valence-corrected chi connectivity index (χ2v) is 6.96. The minimum absolute atomic E-state index is 0.0315. The van der Waals surface area contributed by atoms with Crippen molar-refractivity contribution in [3.63, 3.8) is 0 Å². The summed E-state index contributed by atoms with van der Waals surface area (Å²) in [5, 5.41) is 14.8. The number of hydrogen-bond donors (Lipinski definition) is 6. The highest BCUT2D eigenvalue weighted by Crippen LogP contribution is 2.38. The van der Waals surface area contributed by atoms with E-state index in [0.717, 1.165) is 0 Å². The smallest absolute Gasteiger partial charge is 0.383 e. The molecule has 0 rings (SSSR count). The van der Waals surface area contributed by atoms with E-state index in [1.165, 1.54) is 13.8 Å². The van der Waals surface area contributed by atoms with Crippen LogP contribution in [-0.4, -0.2) is 58.3 Å². The van der Waals surface area contributed by atoms with Crippen molar-refractivity contribution in [2.45, 2.75) is 26.4 Å². The van der Waals surface area contributed by atoms with Gasteiger partial charge in [-0.3, -0.25) is 14.1 Å². The monoisotopic (exact) mass is 358 g/mol. The van der Waals surface area contributed by atoms with Crippen LogP contribution in [0.5, 0.6) is 0 Å². The molecule has 5 N–H and O–H groups in total. The number of phosphoric ester groups is 1. The van der Waals surface area contributed by atoms with E-state index in [1.807, 2.05) is 0 Å². The first-order valence-electron chi connectivity index (χ1n) is 6.53. The summed E-state index contributed by atoms with van der Waals surface area (Å²) in [7, 11) is -4.68. The van der Waals surface area contributed by atoms with Gasteiger partial charge in [0.25, 0.3) is 0 Å². The second-order valence-electron chi connectivity index (χ2n) is 5.27. The Morgan fingerprint density at radius 1 is 1.27 bits per heavy atom. The minimum atomic E-state index is -4.68. The Morgan fingerprint density at radius 3 is 2.36 bits per heavy atom. The molecule has 0 bridgehead atoms. The van der Waals surface area contributed by atoms with E-state index in [4.69, 9.17) is 9.79 Å². The average molecular weight is 358 g/mol. The van der Waals surface area contributed by atoms with Gasteiger partial charge in [-0.15, -0.1) is 0 Å². The highest BCUT2D eigenvalue weighted by molar-refractivity contribution is 7.80.